The third-order valence-corrected chi connectivity index (χ3v) is 7.02. The molecule has 0 aliphatic heterocycles. The van der Waals surface area contributed by atoms with Gasteiger partial charge in [0, 0.05) is 5.92 Å². The van der Waals surface area contributed by atoms with Crippen molar-refractivity contribution >= 4 is 0 Å². The summed E-state index contributed by atoms with van der Waals surface area (Å²) < 4.78 is 19.8. The standard InChI is InChI=1S/C32H64O3/c1-6-11-16-18-20-21-23-25-27-31(26-24-22-19-17-12-7-2)32(33-28-13-8-3,34-29-14-9-4)35-30-15-10-5/h6,31H,1,7-30H2,2-5H3. The Bertz CT molecular complexity index is 397. The number of rotatable bonds is 29. The van der Waals surface area contributed by atoms with Crippen LogP contribution < -0.4 is 0 Å². The van der Waals surface area contributed by atoms with Crippen LogP contribution in [0.3, 0.4) is 0 Å². The Balaban J connectivity index is 5.22. The van der Waals surface area contributed by atoms with Crippen LogP contribution in [-0.2, 0) is 14.2 Å². The van der Waals surface area contributed by atoms with Crippen molar-refractivity contribution in [3.05, 3.63) is 12.7 Å². The lowest BCUT2D eigenvalue weighted by Crippen LogP contribution is -2.47. The van der Waals surface area contributed by atoms with Crippen LogP contribution in [0, 0.1) is 5.92 Å². The summed E-state index contributed by atoms with van der Waals surface area (Å²) in [6.45, 7) is 15.0. The second-order valence-corrected chi connectivity index (χ2v) is 10.5. The predicted molar refractivity (Wildman–Crippen MR) is 154 cm³/mol. The molecule has 0 rings (SSSR count). The van der Waals surface area contributed by atoms with Gasteiger partial charge in [-0.15, -0.1) is 6.58 Å². The topological polar surface area (TPSA) is 27.7 Å². The van der Waals surface area contributed by atoms with Gasteiger partial charge in [0.05, 0.1) is 19.8 Å². The van der Waals surface area contributed by atoms with E-state index >= 15 is 0 Å². The fourth-order valence-electron chi connectivity index (χ4n) is 4.61. The maximum Gasteiger partial charge on any atom is 0.285 e. The van der Waals surface area contributed by atoms with Gasteiger partial charge < -0.3 is 14.2 Å². The number of unbranched alkanes of at least 4 members (excludes halogenated alkanes) is 14. The molecule has 0 bridgehead atoms. The monoisotopic (exact) mass is 496 g/mol. The van der Waals surface area contributed by atoms with Crippen molar-refractivity contribution in [3.63, 3.8) is 0 Å². The molecule has 0 aliphatic rings. The van der Waals surface area contributed by atoms with Crippen molar-refractivity contribution in [3.8, 4) is 0 Å². The summed E-state index contributed by atoms with van der Waals surface area (Å²) in [7, 11) is 0. The zero-order valence-corrected chi connectivity index (χ0v) is 24.6. The van der Waals surface area contributed by atoms with Crippen molar-refractivity contribution in [1.82, 2.24) is 0 Å². The van der Waals surface area contributed by atoms with Gasteiger partial charge >= 0.3 is 0 Å². The van der Waals surface area contributed by atoms with Crippen molar-refractivity contribution in [2.45, 2.75) is 169 Å². The summed E-state index contributed by atoms with van der Waals surface area (Å²) in [6, 6.07) is 0. The molecule has 0 fully saturated rings. The Morgan fingerprint density at radius 1 is 0.514 bits per heavy atom. The maximum absolute atomic E-state index is 6.59. The number of hydrogen-bond acceptors (Lipinski definition) is 3. The lowest BCUT2D eigenvalue weighted by atomic mass is 9.91. The van der Waals surface area contributed by atoms with E-state index in [-0.39, 0.29) is 0 Å². The van der Waals surface area contributed by atoms with Crippen LogP contribution in [0.1, 0.15) is 163 Å². The van der Waals surface area contributed by atoms with Gasteiger partial charge in [0.15, 0.2) is 0 Å². The van der Waals surface area contributed by atoms with E-state index in [0.29, 0.717) is 5.92 Å². The molecule has 1 atom stereocenters. The average molecular weight is 497 g/mol. The van der Waals surface area contributed by atoms with Crippen molar-refractivity contribution in [2.75, 3.05) is 19.8 Å². The van der Waals surface area contributed by atoms with Gasteiger partial charge in [-0.1, -0.05) is 124 Å². The Morgan fingerprint density at radius 2 is 0.886 bits per heavy atom. The second kappa shape index (κ2) is 26.7. The molecule has 0 N–H and O–H groups in total. The molecule has 210 valence electrons. The van der Waals surface area contributed by atoms with Gasteiger partial charge in [-0.3, -0.25) is 0 Å². The minimum atomic E-state index is -0.854. The molecule has 0 aliphatic carbocycles. The van der Waals surface area contributed by atoms with E-state index in [1.807, 2.05) is 6.08 Å². The summed E-state index contributed by atoms with van der Waals surface area (Å²) in [5, 5.41) is 0. The largest absolute Gasteiger partial charge is 0.327 e. The summed E-state index contributed by atoms with van der Waals surface area (Å²) in [5.74, 6) is -0.535. The molecular formula is C32H64O3. The van der Waals surface area contributed by atoms with Gasteiger partial charge in [-0.25, -0.2) is 0 Å². The zero-order valence-electron chi connectivity index (χ0n) is 24.6. The molecule has 0 saturated carbocycles. The first kappa shape index (κ1) is 34.6. The van der Waals surface area contributed by atoms with Gasteiger partial charge in [-0.05, 0) is 44.9 Å². The molecule has 0 aromatic heterocycles. The number of allylic oxidation sites excluding steroid dienone is 1. The fourth-order valence-corrected chi connectivity index (χ4v) is 4.61. The van der Waals surface area contributed by atoms with E-state index in [9.17, 15) is 0 Å². The van der Waals surface area contributed by atoms with Crippen LogP contribution in [0.4, 0.5) is 0 Å². The number of ether oxygens (including phenoxy) is 3. The Hall–Kier alpha value is -0.380. The van der Waals surface area contributed by atoms with Crippen LogP contribution in [0.5, 0.6) is 0 Å². The first-order valence-electron chi connectivity index (χ1n) is 15.7. The van der Waals surface area contributed by atoms with Gasteiger partial charge in [0.25, 0.3) is 5.97 Å². The SMILES string of the molecule is C=CCCCCCCCCC(CCCCCCCC)C(OCCCC)(OCCCC)OCCCC. The fraction of sp³-hybridized carbons (Fsp3) is 0.938. The summed E-state index contributed by atoms with van der Waals surface area (Å²) >= 11 is 0. The molecule has 35 heavy (non-hydrogen) atoms. The quantitative estimate of drug-likeness (QED) is 0.0585. The molecule has 0 saturated heterocycles. The van der Waals surface area contributed by atoms with Crippen LogP contribution >= 0.6 is 0 Å². The molecule has 3 nitrogen and oxygen atoms in total. The van der Waals surface area contributed by atoms with Gasteiger partial charge in [-0.2, -0.15) is 0 Å². The third-order valence-electron chi connectivity index (χ3n) is 7.02. The molecule has 0 aromatic carbocycles. The summed E-state index contributed by atoms with van der Waals surface area (Å²) in [5.41, 5.74) is 0. The highest BCUT2D eigenvalue weighted by molar-refractivity contribution is 4.74. The second-order valence-electron chi connectivity index (χ2n) is 10.5. The lowest BCUT2D eigenvalue weighted by Gasteiger charge is -2.40. The molecule has 0 radical (unpaired) electrons. The van der Waals surface area contributed by atoms with Crippen molar-refractivity contribution < 1.29 is 14.2 Å². The number of hydrogen-bond donors (Lipinski definition) is 0. The Labute approximate surface area is 221 Å². The molecule has 0 amide bonds. The highest BCUT2D eigenvalue weighted by Gasteiger charge is 2.42. The highest BCUT2D eigenvalue weighted by Crippen LogP contribution is 2.35. The van der Waals surface area contributed by atoms with E-state index in [2.05, 4.69) is 34.3 Å². The van der Waals surface area contributed by atoms with Crippen LogP contribution in [0.25, 0.3) is 0 Å². The molecule has 0 spiro atoms. The van der Waals surface area contributed by atoms with E-state index < -0.39 is 5.97 Å². The normalized spacial score (nSPS) is 12.8. The minimum Gasteiger partial charge on any atom is -0.327 e. The smallest absolute Gasteiger partial charge is 0.285 e. The van der Waals surface area contributed by atoms with Crippen LogP contribution in [0.15, 0.2) is 12.7 Å². The first-order valence-corrected chi connectivity index (χ1v) is 15.7. The van der Waals surface area contributed by atoms with Gasteiger partial charge in [0.2, 0.25) is 0 Å². The average Bonchev–Trinajstić information content (AvgIpc) is 2.86. The predicted octanol–water partition coefficient (Wildman–Crippen LogP) is 10.8. The Morgan fingerprint density at radius 3 is 1.29 bits per heavy atom. The zero-order chi connectivity index (χ0) is 25.9. The Kier molecular flexibility index (Phi) is 26.4. The van der Waals surface area contributed by atoms with E-state index in [4.69, 9.17) is 14.2 Å². The van der Waals surface area contributed by atoms with Crippen molar-refractivity contribution in [1.29, 1.82) is 0 Å². The molecule has 0 aromatic rings. The molecular weight excluding hydrogens is 432 g/mol. The highest BCUT2D eigenvalue weighted by atomic mass is 16.9. The molecule has 3 heteroatoms. The molecule has 0 heterocycles. The van der Waals surface area contributed by atoms with Gasteiger partial charge in [0.1, 0.15) is 0 Å². The summed E-state index contributed by atoms with van der Waals surface area (Å²) in [4.78, 5) is 0. The van der Waals surface area contributed by atoms with E-state index in [0.717, 1.165) is 77.6 Å². The minimum absolute atomic E-state index is 0.319. The van der Waals surface area contributed by atoms with Crippen LogP contribution in [-0.4, -0.2) is 25.8 Å². The third kappa shape index (κ3) is 19.4. The summed E-state index contributed by atoms with van der Waals surface area (Å²) in [6.07, 6.45) is 27.9. The van der Waals surface area contributed by atoms with Crippen LogP contribution in [0.2, 0.25) is 0 Å². The maximum atomic E-state index is 6.59. The van der Waals surface area contributed by atoms with E-state index in [1.54, 1.807) is 0 Å². The van der Waals surface area contributed by atoms with E-state index in [1.165, 1.54) is 77.0 Å². The lowest BCUT2D eigenvalue weighted by molar-refractivity contribution is -0.407. The molecule has 1 unspecified atom stereocenters. The first-order chi connectivity index (χ1) is 17.2. The van der Waals surface area contributed by atoms with Crippen molar-refractivity contribution in [2.24, 2.45) is 5.92 Å².